The van der Waals surface area contributed by atoms with E-state index < -0.39 is 0 Å². The number of hydrogen-bond acceptors (Lipinski definition) is 3. The van der Waals surface area contributed by atoms with Gasteiger partial charge in [0.05, 0.1) is 11.9 Å². The van der Waals surface area contributed by atoms with Crippen molar-refractivity contribution in [1.82, 2.24) is 4.98 Å². The van der Waals surface area contributed by atoms with Gasteiger partial charge in [-0.05, 0) is 31.0 Å². The number of nitrogens with zero attached hydrogens (tertiary/aromatic N) is 2. The van der Waals surface area contributed by atoms with Crippen LogP contribution in [-0.2, 0) is 6.42 Å². The molecule has 18 heavy (non-hydrogen) atoms. The van der Waals surface area contributed by atoms with Crippen LogP contribution in [0.5, 0.6) is 0 Å². The Morgan fingerprint density at radius 1 is 1.22 bits per heavy atom. The molecule has 0 aliphatic rings. The molecule has 3 nitrogen and oxygen atoms in total. The van der Waals surface area contributed by atoms with Crippen molar-refractivity contribution in [3.05, 3.63) is 59.9 Å². The smallest absolute Gasteiger partial charge is 0.140 e. The quantitative estimate of drug-likeness (QED) is 0.889. The first-order valence-corrected chi connectivity index (χ1v) is 5.94. The fourth-order valence-electron chi connectivity index (χ4n) is 1.85. The Labute approximate surface area is 107 Å². The van der Waals surface area contributed by atoms with Gasteiger partial charge in [0.1, 0.15) is 11.8 Å². The van der Waals surface area contributed by atoms with Crippen molar-refractivity contribution in [3.63, 3.8) is 0 Å². The molecule has 1 heterocycles. The Hall–Kier alpha value is -2.34. The standard InChI is InChI=1S/C15H15N3/c1-12(9-13-5-3-2-4-6-13)18-15-8-7-14(10-16)17-11-15/h2-8,11-12,18H,9H2,1H3. The maximum Gasteiger partial charge on any atom is 0.140 e. The first-order chi connectivity index (χ1) is 8.78. The van der Waals surface area contributed by atoms with Crippen LogP contribution in [-0.4, -0.2) is 11.0 Å². The molecule has 1 atom stereocenters. The second-order valence-corrected chi connectivity index (χ2v) is 4.28. The molecular weight excluding hydrogens is 222 g/mol. The van der Waals surface area contributed by atoms with E-state index in [1.807, 2.05) is 30.3 Å². The van der Waals surface area contributed by atoms with Crippen LogP contribution < -0.4 is 5.32 Å². The third-order valence-corrected chi connectivity index (χ3v) is 2.68. The summed E-state index contributed by atoms with van der Waals surface area (Å²) in [5.41, 5.74) is 2.69. The number of benzene rings is 1. The lowest BCUT2D eigenvalue weighted by molar-refractivity contribution is 0.789. The van der Waals surface area contributed by atoms with E-state index in [-0.39, 0.29) is 0 Å². The Bertz CT molecular complexity index is 526. The largest absolute Gasteiger partial charge is 0.381 e. The van der Waals surface area contributed by atoms with Crippen molar-refractivity contribution >= 4 is 5.69 Å². The van der Waals surface area contributed by atoms with E-state index in [4.69, 9.17) is 5.26 Å². The Kier molecular flexibility index (Phi) is 3.93. The second kappa shape index (κ2) is 5.83. The molecule has 0 aliphatic heterocycles. The van der Waals surface area contributed by atoms with E-state index in [1.165, 1.54) is 5.56 Å². The Morgan fingerprint density at radius 2 is 2.00 bits per heavy atom. The van der Waals surface area contributed by atoms with Crippen LogP contribution in [0.1, 0.15) is 18.2 Å². The molecule has 1 aromatic carbocycles. The molecule has 1 unspecified atom stereocenters. The van der Waals surface area contributed by atoms with Gasteiger partial charge in [0, 0.05) is 6.04 Å². The van der Waals surface area contributed by atoms with Crippen LogP contribution >= 0.6 is 0 Å². The Balaban J connectivity index is 1.95. The molecule has 0 aliphatic carbocycles. The molecule has 0 spiro atoms. The zero-order chi connectivity index (χ0) is 12.8. The summed E-state index contributed by atoms with van der Waals surface area (Å²) < 4.78 is 0. The summed E-state index contributed by atoms with van der Waals surface area (Å²) in [6.07, 6.45) is 2.65. The van der Waals surface area contributed by atoms with Crippen molar-refractivity contribution in [1.29, 1.82) is 5.26 Å². The van der Waals surface area contributed by atoms with Gasteiger partial charge < -0.3 is 5.32 Å². The van der Waals surface area contributed by atoms with Crippen LogP contribution in [0.4, 0.5) is 5.69 Å². The molecule has 1 N–H and O–H groups in total. The molecule has 0 fully saturated rings. The van der Waals surface area contributed by atoms with Gasteiger partial charge in [-0.2, -0.15) is 5.26 Å². The van der Waals surface area contributed by atoms with E-state index in [2.05, 4.69) is 29.4 Å². The number of anilines is 1. The molecule has 0 bridgehead atoms. The van der Waals surface area contributed by atoms with Gasteiger partial charge in [-0.25, -0.2) is 4.98 Å². The van der Waals surface area contributed by atoms with Crippen LogP contribution in [0.3, 0.4) is 0 Å². The molecule has 90 valence electrons. The van der Waals surface area contributed by atoms with Gasteiger partial charge in [0.25, 0.3) is 0 Å². The fourth-order valence-corrected chi connectivity index (χ4v) is 1.85. The lowest BCUT2D eigenvalue weighted by atomic mass is 10.1. The first-order valence-electron chi connectivity index (χ1n) is 5.94. The van der Waals surface area contributed by atoms with Crippen LogP contribution in [0.2, 0.25) is 0 Å². The molecule has 2 aromatic rings. The van der Waals surface area contributed by atoms with Crippen molar-refractivity contribution in [2.24, 2.45) is 0 Å². The highest BCUT2D eigenvalue weighted by Gasteiger charge is 2.03. The van der Waals surface area contributed by atoms with E-state index in [1.54, 1.807) is 12.3 Å². The maximum absolute atomic E-state index is 8.67. The fraction of sp³-hybridized carbons (Fsp3) is 0.200. The molecule has 0 amide bonds. The minimum Gasteiger partial charge on any atom is -0.381 e. The van der Waals surface area contributed by atoms with Crippen LogP contribution in [0, 0.1) is 11.3 Å². The average Bonchev–Trinajstić information content (AvgIpc) is 2.40. The van der Waals surface area contributed by atoms with Gasteiger partial charge in [-0.3, -0.25) is 0 Å². The van der Waals surface area contributed by atoms with E-state index in [0.717, 1.165) is 12.1 Å². The molecule has 2 rings (SSSR count). The summed E-state index contributed by atoms with van der Waals surface area (Å²) in [6.45, 7) is 2.13. The van der Waals surface area contributed by atoms with Gasteiger partial charge in [0.2, 0.25) is 0 Å². The van der Waals surface area contributed by atoms with Crippen LogP contribution in [0.15, 0.2) is 48.7 Å². The SMILES string of the molecule is CC(Cc1ccccc1)Nc1ccc(C#N)nc1. The number of rotatable bonds is 4. The van der Waals surface area contributed by atoms with Gasteiger partial charge in [0.15, 0.2) is 0 Å². The normalized spacial score (nSPS) is 11.6. The summed E-state index contributed by atoms with van der Waals surface area (Å²) >= 11 is 0. The number of nitriles is 1. The van der Waals surface area contributed by atoms with Gasteiger partial charge in [-0.15, -0.1) is 0 Å². The zero-order valence-electron chi connectivity index (χ0n) is 10.3. The Morgan fingerprint density at radius 3 is 2.61 bits per heavy atom. The predicted octanol–water partition coefficient (Wildman–Crippen LogP) is 3.00. The van der Waals surface area contributed by atoms with Crippen molar-refractivity contribution in [2.45, 2.75) is 19.4 Å². The zero-order valence-corrected chi connectivity index (χ0v) is 10.3. The number of aromatic nitrogens is 1. The van der Waals surface area contributed by atoms with Crippen molar-refractivity contribution in [3.8, 4) is 6.07 Å². The molecule has 3 heteroatoms. The number of hydrogen-bond donors (Lipinski definition) is 1. The van der Waals surface area contributed by atoms with Gasteiger partial charge >= 0.3 is 0 Å². The molecular formula is C15H15N3. The van der Waals surface area contributed by atoms with E-state index >= 15 is 0 Å². The van der Waals surface area contributed by atoms with Crippen LogP contribution in [0.25, 0.3) is 0 Å². The highest BCUT2D eigenvalue weighted by Crippen LogP contribution is 2.10. The molecule has 1 aromatic heterocycles. The predicted molar refractivity (Wildman–Crippen MR) is 72.2 cm³/mol. The summed E-state index contributed by atoms with van der Waals surface area (Å²) in [5.74, 6) is 0. The molecule has 0 radical (unpaired) electrons. The third kappa shape index (κ3) is 3.33. The minimum atomic E-state index is 0.321. The number of nitrogens with one attached hydrogen (secondary N) is 1. The summed E-state index contributed by atoms with van der Waals surface area (Å²) in [5, 5.41) is 12.0. The van der Waals surface area contributed by atoms with Crippen molar-refractivity contribution < 1.29 is 0 Å². The average molecular weight is 237 g/mol. The summed E-state index contributed by atoms with van der Waals surface area (Å²) in [7, 11) is 0. The monoisotopic (exact) mass is 237 g/mol. The van der Waals surface area contributed by atoms with Crippen molar-refractivity contribution in [2.75, 3.05) is 5.32 Å². The lowest BCUT2D eigenvalue weighted by Gasteiger charge is -2.14. The minimum absolute atomic E-state index is 0.321. The van der Waals surface area contributed by atoms with E-state index in [0.29, 0.717) is 11.7 Å². The molecule has 0 saturated carbocycles. The summed E-state index contributed by atoms with van der Waals surface area (Å²) in [6, 6.07) is 16.3. The number of pyridine rings is 1. The van der Waals surface area contributed by atoms with E-state index in [9.17, 15) is 0 Å². The maximum atomic E-state index is 8.67. The van der Waals surface area contributed by atoms with Gasteiger partial charge in [-0.1, -0.05) is 30.3 Å². The highest BCUT2D eigenvalue weighted by molar-refractivity contribution is 5.43. The summed E-state index contributed by atoms with van der Waals surface area (Å²) in [4.78, 5) is 4.03. The second-order valence-electron chi connectivity index (χ2n) is 4.28. The highest BCUT2D eigenvalue weighted by atomic mass is 14.9. The molecule has 0 saturated heterocycles. The third-order valence-electron chi connectivity index (χ3n) is 2.68. The topological polar surface area (TPSA) is 48.7 Å². The first kappa shape index (κ1) is 12.1. The lowest BCUT2D eigenvalue weighted by Crippen LogP contribution is -2.18.